The van der Waals surface area contributed by atoms with E-state index in [-0.39, 0.29) is 5.60 Å². The van der Waals surface area contributed by atoms with Gasteiger partial charge in [-0.15, -0.1) is 0 Å². The Kier molecular flexibility index (Phi) is 3.80. The van der Waals surface area contributed by atoms with Gasteiger partial charge < -0.3 is 9.64 Å². The van der Waals surface area contributed by atoms with Crippen LogP contribution in [0.25, 0.3) is 22.3 Å². The molecule has 134 valence electrons. The van der Waals surface area contributed by atoms with Gasteiger partial charge in [0.25, 0.3) is 0 Å². The molecule has 3 heterocycles. The van der Waals surface area contributed by atoms with Gasteiger partial charge in [-0.1, -0.05) is 22.6 Å². The Labute approximate surface area is 165 Å². The van der Waals surface area contributed by atoms with Gasteiger partial charge in [-0.2, -0.15) is 5.10 Å². The number of rotatable bonds is 4. The Hall–Kier alpha value is -1.90. The molecule has 6 nitrogen and oxygen atoms in total. The summed E-state index contributed by atoms with van der Waals surface area (Å²) in [4.78, 5) is 11.3. The monoisotopic (exact) mass is 461 g/mol. The predicted octanol–water partition coefficient (Wildman–Crippen LogP) is 3.96. The topological polar surface area (TPSA) is 66.9 Å². The summed E-state index contributed by atoms with van der Waals surface area (Å²) < 4.78 is 6.80. The third-order valence-electron chi connectivity index (χ3n) is 5.20. The lowest BCUT2D eigenvalue weighted by atomic mass is 10.1. The SMILES string of the molecule is CC1(Oc2ccc3[nH]nc(-c4cc(N5CC[C@@H](I)C5)ncn4)c3c2)CC1. The van der Waals surface area contributed by atoms with Crippen molar-refractivity contribution in [3.8, 4) is 17.1 Å². The molecule has 1 N–H and O–H groups in total. The van der Waals surface area contributed by atoms with Gasteiger partial charge in [0.15, 0.2) is 0 Å². The number of aromatic amines is 1. The van der Waals surface area contributed by atoms with E-state index >= 15 is 0 Å². The Bertz CT molecular complexity index is 967. The average molecular weight is 461 g/mol. The molecule has 26 heavy (non-hydrogen) atoms. The van der Waals surface area contributed by atoms with E-state index in [4.69, 9.17) is 4.74 Å². The first-order valence-corrected chi connectivity index (χ1v) is 10.2. The van der Waals surface area contributed by atoms with E-state index in [9.17, 15) is 0 Å². The molecule has 1 aliphatic heterocycles. The molecule has 1 saturated heterocycles. The molecular formula is C19H20IN5O. The second-order valence-corrected chi connectivity index (χ2v) is 9.19. The first kappa shape index (κ1) is 16.3. The summed E-state index contributed by atoms with van der Waals surface area (Å²) in [5.41, 5.74) is 2.68. The summed E-state index contributed by atoms with van der Waals surface area (Å²) in [7, 11) is 0. The number of ether oxygens (including phenoxy) is 1. The molecule has 1 aromatic carbocycles. The van der Waals surface area contributed by atoms with Gasteiger partial charge in [-0.3, -0.25) is 5.10 Å². The van der Waals surface area contributed by atoms with E-state index in [0.29, 0.717) is 3.92 Å². The number of nitrogens with zero attached hydrogens (tertiary/aromatic N) is 4. The van der Waals surface area contributed by atoms with Gasteiger partial charge in [-0.05, 0) is 44.4 Å². The van der Waals surface area contributed by atoms with Crippen LogP contribution in [0.2, 0.25) is 0 Å². The van der Waals surface area contributed by atoms with E-state index in [1.807, 2.05) is 18.2 Å². The van der Waals surface area contributed by atoms with Gasteiger partial charge in [0.1, 0.15) is 29.2 Å². The van der Waals surface area contributed by atoms with Gasteiger partial charge in [-0.25, -0.2) is 9.97 Å². The fourth-order valence-corrected chi connectivity index (χ4v) is 4.14. The van der Waals surface area contributed by atoms with Crippen molar-refractivity contribution in [2.75, 3.05) is 18.0 Å². The van der Waals surface area contributed by atoms with Crippen molar-refractivity contribution in [1.82, 2.24) is 20.2 Å². The standard InChI is InChI=1S/C19H20IN5O/c1-19(5-6-19)26-13-2-3-15-14(8-13)18(24-23-15)16-9-17(22-11-21-16)25-7-4-12(20)10-25/h2-3,8-9,11-12H,4-7,10H2,1H3,(H,23,24)/t12-/m1/s1. The van der Waals surface area contributed by atoms with Crippen molar-refractivity contribution in [2.45, 2.75) is 35.7 Å². The van der Waals surface area contributed by atoms with E-state index in [1.54, 1.807) is 6.33 Å². The Morgan fingerprint density at radius 3 is 2.92 bits per heavy atom. The fraction of sp³-hybridized carbons (Fsp3) is 0.421. The van der Waals surface area contributed by atoms with Crippen molar-refractivity contribution in [3.63, 3.8) is 0 Å². The Balaban J connectivity index is 1.51. The fourth-order valence-electron chi connectivity index (χ4n) is 3.39. The first-order chi connectivity index (χ1) is 12.6. The molecule has 3 aromatic rings. The van der Waals surface area contributed by atoms with E-state index in [0.717, 1.165) is 59.8 Å². The van der Waals surface area contributed by atoms with Crippen molar-refractivity contribution in [2.24, 2.45) is 0 Å². The first-order valence-electron chi connectivity index (χ1n) is 8.98. The van der Waals surface area contributed by atoms with Crippen molar-refractivity contribution < 1.29 is 4.74 Å². The molecule has 2 fully saturated rings. The van der Waals surface area contributed by atoms with Gasteiger partial charge >= 0.3 is 0 Å². The molecule has 1 saturated carbocycles. The maximum atomic E-state index is 6.11. The van der Waals surface area contributed by atoms with Crippen LogP contribution in [0.5, 0.6) is 5.75 Å². The highest BCUT2D eigenvalue weighted by Crippen LogP contribution is 2.40. The normalized spacial score (nSPS) is 21.3. The number of aromatic nitrogens is 4. The third-order valence-corrected chi connectivity index (χ3v) is 6.22. The molecule has 7 heteroatoms. The number of H-pyrrole nitrogens is 1. The zero-order valence-electron chi connectivity index (χ0n) is 14.6. The van der Waals surface area contributed by atoms with Crippen LogP contribution in [0, 0.1) is 0 Å². The van der Waals surface area contributed by atoms with Crippen LogP contribution in [-0.2, 0) is 0 Å². The molecule has 0 spiro atoms. The van der Waals surface area contributed by atoms with Crippen LogP contribution in [0.1, 0.15) is 26.2 Å². The van der Waals surface area contributed by atoms with Crippen LogP contribution < -0.4 is 9.64 Å². The lowest BCUT2D eigenvalue weighted by molar-refractivity contribution is 0.200. The zero-order valence-corrected chi connectivity index (χ0v) is 16.7. The summed E-state index contributed by atoms with van der Waals surface area (Å²) >= 11 is 2.51. The van der Waals surface area contributed by atoms with Gasteiger partial charge in [0.05, 0.1) is 11.2 Å². The van der Waals surface area contributed by atoms with Crippen molar-refractivity contribution in [3.05, 3.63) is 30.6 Å². The molecule has 0 amide bonds. The predicted molar refractivity (Wildman–Crippen MR) is 110 cm³/mol. The molecule has 2 aromatic heterocycles. The van der Waals surface area contributed by atoms with Crippen LogP contribution in [-0.4, -0.2) is 42.8 Å². The highest BCUT2D eigenvalue weighted by Gasteiger charge is 2.40. The lowest BCUT2D eigenvalue weighted by Gasteiger charge is -2.16. The van der Waals surface area contributed by atoms with Crippen LogP contribution in [0.15, 0.2) is 30.6 Å². The Morgan fingerprint density at radius 2 is 2.15 bits per heavy atom. The zero-order chi connectivity index (χ0) is 17.7. The minimum Gasteiger partial charge on any atom is -0.488 e. The molecule has 1 aliphatic carbocycles. The van der Waals surface area contributed by atoms with Gasteiger partial charge in [0, 0.05) is 28.5 Å². The highest BCUT2D eigenvalue weighted by molar-refractivity contribution is 14.1. The van der Waals surface area contributed by atoms with Crippen LogP contribution >= 0.6 is 22.6 Å². The number of alkyl halides is 1. The second-order valence-electron chi connectivity index (χ2n) is 7.42. The maximum Gasteiger partial charge on any atom is 0.132 e. The minimum atomic E-state index is 0.00535. The lowest BCUT2D eigenvalue weighted by Crippen LogP contribution is -2.20. The number of hydrogen-bond acceptors (Lipinski definition) is 5. The quantitative estimate of drug-likeness (QED) is 0.471. The van der Waals surface area contributed by atoms with E-state index < -0.39 is 0 Å². The van der Waals surface area contributed by atoms with Crippen molar-refractivity contribution >= 4 is 39.3 Å². The second kappa shape index (κ2) is 6.07. The maximum absolute atomic E-state index is 6.11. The van der Waals surface area contributed by atoms with Gasteiger partial charge in [0.2, 0.25) is 0 Å². The third kappa shape index (κ3) is 3.02. The summed E-state index contributed by atoms with van der Waals surface area (Å²) in [5, 5.41) is 8.65. The number of halogens is 1. The number of benzene rings is 1. The summed E-state index contributed by atoms with van der Waals surface area (Å²) in [6.45, 7) is 4.23. The summed E-state index contributed by atoms with van der Waals surface area (Å²) in [6, 6.07) is 8.14. The molecular weight excluding hydrogens is 441 g/mol. The molecule has 0 radical (unpaired) electrons. The van der Waals surface area contributed by atoms with Crippen LogP contribution in [0.3, 0.4) is 0 Å². The number of anilines is 1. The number of fused-ring (bicyclic) bond motifs is 1. The largest absolute Gasteiger partial charge is 0.488 e. The number of nitrogens with one attached hydrogen (secondary N) is 1. The highest BCUT2D eigenvalue weighted by atomic mass is 127. The molecule has 0 unspecified atom stereocenters. The Morgan fingerprint density at radius 1 is 1.27 bits per heavy atom. The molecule has 2 aliphatic rings. The molecule has 1 atom stereocenters. The van der Waals surface area contributed by atoms with E-state index in [1.165, 1.54) is 6.42 Å². The molecule has 0 bridgehead atoms. The molecule has 5 rings (SSSR count). The number of hydrogen-bond donors (Lipinski definition) is 1. The minimum absolute atomic E-state index is 0.00535. The van der Waals surface area contributed by atoms with Crippen LogP contribution in [0.4, 0.5) is 5.82 Å². The average Bonchev–Trinajstić information content (AvgIpc) is 3.05. The van der Waals surface area contributed by atoms with Crippen molar-refractivity contribution in [1.29, 1.82) is 0 Å². The summed E-state index contributed by atoms with van der Waals surface area (Å²) in [5.74, 6) is 1.87. The van der Waals surface area contributed by atoms with E-state index in [2.05, 4.69) is 60.6 Å². The smallest absolute Gasteiger partial charge is 0.132 e. The summed E-state index contributed by atoms with van der Waals surface area (Å²) in [6.07, 6.45) is 5.07.